The minimum atomic E-state index is -2.02. The van der Waals surface area contributed by atoms with Crippen LogP contribution in [0.1, 0.15) is 41.1 Å². The summed E-state index contributed by atoms with van der Waals surface area (Å²) in [7, 11) is 0. The average Bonchev–Trinajstić information content (AvgIpc) is 2.95. The summed E-state index contributed by atoms with van der Waals surface area (Å²) in [6.07, 6.45) is -0.0875. The van der Waals surface area contributed by atoms with E-state index in [4.69, 9.17) is 44.3 Å². The van der Waals surface area contributed by atoms with Crippen LogP contribution in [-0.4, -0.2) is 44.1 Å². The van der Waals surface area contributed by atoms with Crippen LogP contribution >= 0.6 is 46.6 Å². The van der Waals surface area contributed by atoms with Crippen molar-refractivity contribution in [1.29, 1.82) is 0 Å². The number of hydrogen-bond donors (Lipinski definition) is 3. The van der Waals surface area contributed by atoms with E-state index in [-0.39, 0.29) is 32.0 Å². The molecular formula is C29H30Cl3NO5S. The lowest BCUT2D eigenvalue weighted by atomic mass is 9.98. The molecule has 0 spiro atoms. The number of carbonyl (C=O) groups is 1. The number of benzene rings is 3. The van der Waals surface area contributed by atoms with Crippen molar-refractivity contribution in [3.63, 3.8) is 0 Å². The molecule has 0 bridgehead atoms. The van der Waals surface area contributed by atoms with Crippen LogP contribution in [-0.2, 0) is 27.4 Å². The molecule has 3 N–H and O–H groups in total. The van der Waals surface area contributed by atoms with E-state index >= 15 is 0 Å². The van der Waals surface area contributed by atoms with E-state index in [9.17, 15) is 15.0 Å². The molecule has 3 aromatic rings. The molecule has 1 aliphatic rings. The number of aliphatic hydroxyl groups is 2. The molecule has 0 aliphatic carbocycles. The third-order valence-electron chi connectivity index (χ3n) is 6.36. The van der Waals surface area contributed by atoms with Gasteiger partial charge in [0.2, 0.25) is 0 Å². The van der Waals surface area contributed by atoms with E-state index in [1.165, 1.54) is 0 Å². The first-order valence-corrected chi connectivity index (χ1v) is 14.8. The predicted molar refractivity (Wildman–Crippen MR) is 157 cm³/mol. The summed E-state index contributed by atoms with van der Waals surface area (Å²) in [6, 6.07) is 23.4. The summed E-state index contributed by atoms with van der Waals surface area (Å²) in [6.45, 7) is 0.330. The van der Waals surface area contributed by atoms with Crippen LogP contribution in [0.3, 0.4) is 0 Å². The number of thioether (sulfide) groups is 1. The minimum absolute atomic E-state index is 0.00722. The lowest BCUT2D eigenvalue weighted by molar-refractivity contribution is -0.245. The summed E-state index contributed by atoms with van der Waals surface area (Å²) < 4.78 is 10.7. The highest BCUT2D eigenvalue weighted by Crippen LogP contribution is 2.39. The van der Waals surface area contributed by atoms with E-state index in [0.29, 0.717) is 12.2 Å². The van der Waals surface area contributed by atoms with Crippen molar-refractivity contribution in [3.8, 4) is 11.1 Å². The molecule has 10 heteroatoms. The number of ether oxygens (including phenoxy) is 2. The molecule has 4 rings (SSSR count). The molecule has 0 unspecified atom stereocenters. The maximum Gasteiger partial charge on any atom is 0.272 e. The van der Waals surface area contributed by atoms with E-state index < -0.39 is 16.0 Å². The van der Waals surface area contributed by atoms with E-state index in [1.807, 2.05) is 72.8 Å². The van der Waals surface area contributed by atoms with Crippen LogP contribution in [0.4, 0.5) is 0 Å². The van der Waals surface area contributed by atoms with Gasteiger partial charge < -0.3 is 25.0 Å². The molecule has 1 fully saturated rings. The summed E-state index contributed by atoms with van der Waals surface area (Å²) >= 11 is 18.7. The van der Waals surface area contributed by atoms with Crippen molar-refractivity contribution >= 4 is 52.5 Å². The van der Waals surface area contributed by atoms with Crippen LogP contribution in [0.2, 0.25) is 0 Å². The van der Waals surface area contributed by atoms with Gasteiger partial charge in [0, 0.05) is 30.0 Å². The molecule has 1 aliphatic heterocycles. The molecule has 6 nitrogen and oxygen atoms in total. The zero-order valence-corrected chi connectivity index (χ0v) is 24.1. The second-order valence-electron chi connectivity index (χ2n) is 9.11. The summed E-state index contributed by atoms with van der Waals surface area (Å²) in [5.74, 6) is 0.714. The minimum Gasteiger partial charge on any atom is -0.396 e. The fourth-order valence-corrected chi connectivity index (χ4v) is 5.33. The second-order valence-corrected chi connectivity index (χ2v) is 12.5. The Morgan fingerprint density at radius 1 is 0.949 bits per heavy atom. The van der Waals surface area contributed by atoms with Crippen LogP contribution in [0.5, 0.6) is 0 Å². The van der Waals surface area contributed by atoms with Crippen molar-refractivity contribution in [2.45, 2.75) is 41.9 Å². The number of carbonyl (C=O) groups excluding carboxylic acids is 1. The van der Waals surface area contributed by atoms with Gasteiger partial charge in [0.1, 0.15) is 0 Å². The monoisotopic (exact) mass is 609 g/mol. The highest BCUT2D eigenvalue weighted by atomic mass is 35.6. The number of aliphatic hydroxyl groups excluding tert-OH is 2. The molecule has 1 amide bonds. The first kappa shape index (κ1) is 30.2. The Hall–Kier alpha value is -1.81. The zero-order chi connectivity index (χ0) is 27.8. The fraction of sp³-hybridized carbons (Fsp3) is 0.345. The lowest BCUT2D eigenvalue weighted by Gasteiger charge is -2.36. The van der Waals surface area contributed by atoms with Crippen LogP contribution in [0.25, 0.3) is 11.1 Å². The second kappa shape index (κ2) is 14.2. The number of halogens is 3. The normalized spacial score (nSPS) is 19.6. The zero-order valence-electron chi connectivity index (χ0n) is 21.1. The van der Waals surface area contributed by atoms with Crippen molar-refractivity contribution in [2.24, 2.45) is 0 Å². The van der Waals surface area contributed by atoms with Gasteiger partial charge in [-0.1, -0.05) is 108 Å². The smallest absolute Gasteiger partial charge is 0.272 e. The third-order valence-corrected chi connectivity index (χ3v) is 7.96. The predicted octanol–water partition coefficient (Wildman–Crippen LogP) is 6.10. The van der Waals surface area contributed by atoms with Gasteiger partial charge in [-0.15, -0.1) is 0 Å². The summed E-state index contributed by atoms with van der Waals surface area (Å²) in [5.41, 5.74) is 5.54. The molecule has 3 aromatic carbocycles. The van der Waals surface area contributed by atoms with E-state index in [2.05, 4.69) is 5.32 Å². The van der Waals surface area contributed by atoms with Gasteiger partial charge in [-0.2, -0.15) is 11.8 Å². The van der Waals surface area contributed by atoms with Crippen molar-refractivity contribution in [1.82, 2.24) is 5.32 Å². The van der Waals surface area contributed by atoms with Gasteiger partial charge in [-0.3, -0.25) is 4.79 Å². The molecule has 0 saturated carbocycles. The maximum absolute atomic E-state index is 12.0. The Morgan fingerprint density at radius 3 is 2.31 bits per heavy atom. The van der Waals surface area contributed by atoms with Crippen LogP contribution < -0.4 is 5.32 Å². The highest BCUT2D eigenvalue weighted by molar-refractivity contribution is 7.99. The molecule has 0 aromatic heterocycles. The van der Waals surface area contributed by atoms with Gasteiger partial charge in [0.15, 0.2) is 6.29 Å². The average molecular weight is 611 g/mol. The Morgan fingerprint density at radius 2 is 1.64 bits per heavy atom. The molecular weight excluding hydrogens is 581 g/mol. The van der Waals surface area contributed by atoms with Crippen LogP contribution in [0.15, 0.2) is 72.8 Å². The number of hydrogen-bond acceptors (Lipinski definition) is 6. The summed E-state index contributed by atoms with van der Waals surface area (Å²) in [5, 5.41) is 21.2. The highest BCUT2D eigenvalue weighted by Gasteiger charge is 2.32. The van der Waals surface area contributed by atoms with Gasteiger partial charge in [0.05, 0.1) is 25.4 Å². The van der Waals surface area contributed by atoms with E-state index in [1.54, 1.807) is 11.8 Å². The third kappa shape index (κ3) is 8.35. The Kier molecular flexibility index (Phi) is 11.0. The van der Waals surface area contributed by atoms with Crippen molar-refractivity contribution < 1.29 is 24.5 Å². The fourth-order valence-electron chi connectivity index (χ4n) is 4.35. The number of nitrogens with one attached hydrogen (secondary N) is 1. The Bertz CT molecular complexity index is 1220. The Labute approximate surface area is 247 Å². The molecule has 0 radical (unpaired) electrons. The lowest BCUT2D eigenvalue weighted by Crippen LogP contribution is -2.34. The number of alkyl halides is 3. The number of amides is 1. The Balaban J connectivity index is 1.52. The molecule has 1 heterocycles. The largest absolute Gasteiger partial charge is 0.396 e. The SMILES string of the molecule is O=C(NCc1ccccc1-c1ccc([C@@H]2O[C@H](CSCCO)C[C@H](c3ccc(CO)cc3)O2)cc1)C(Cl)(Cl)Cl. The molecule has 3 atom stereocenters. The van der Waals surface area contributed by atoms with Crippen LogP contribution in [0, 0.1) is 0 Å². The maximum atomic E-state index is 12.0. The van der Waals surface area contributed by atoms with Gasteiger partial charge in [-0.05, 0) is 27.8 Å². The van der Waals surface area contributed by atoms with Gasteiger partial charge in [-0.25, -0.2) is 0 Å². The molecule has 39 heavy (non-hydrogen) atoms. The number of rotatable bonds is 10. The van der Waals surface area contributed by atoms with Gasteiger partial charge >= 0.3 is 0 Å². The van der Waals surface area contributed by atoms with E-state index in [0.717, 1.165) is 39.1 Å². The molecule has 1 saturated heterocycles. The first-order valence-electron chi connectivity index (χ1n) is 12.5. The topological polar surface area (TPSA) is 88.0 Å². The first-order chi connectivity index (χ1) is 18.8. The quantitative estimate of drug-likeness (QED) is 0.190. The summed E-state index contributed by atoms with van der Waals surface area (Å²) in [4.78, 5) is 12.0. The van der Waals surface area contributed by atoms with Crippen molar-refractivity contribution in [2.75, 3.05) is 18.1 Å². The van der Waals surface area contributed by atoms with Gasteiger partial charge in [0.25, 0.3) is 9.70 Å². The standard InChI is InChI=1S/C29H30Cl3NO5S/c30-29(31,32)28(36)33-16-23-3-1-2-4-25(23)20-9-11-22(12-10-20)27-37-24(18-39-14-13-34)15-26(38-27)21-7-5-19(17-35)6-8-21/h1-12,24,26-27,34-35H,13-18H2,(H,33,36)/t24-,26+,27+/m0/s1. The van der Waals surface area contributed by atoms with Crippen molar-refractivity contribution in [3.05, 3.63) is 95.1 Å². The molecule has 208 valence electrons.